The second-order valence-electron chi connectivity index (χ2n) is 5.26. The van der Waals surface area contributed by atoms with Gasteiger partial charge in [-0.15, -0.1) is 0 Å². The summed E-state index contributed by atoms with van der Waals surface area (Å²) in [6.45, 7) is 2.87. The summed E-state index contributed by atoms with van der Waals surface area (Å²) in [7, 11) is 0. The van der Waals surface area contributed by atoms with Crippen LogP contribution in [0.25, 0.3) is 11.2 Å². The van der Waals surface area contributed by atoms with E-state index in [4.69, 9.17) is 13.7 Å². The number of aromatic nitrogens is 3. The van der Waals surface area contributed by atoms with Crippen LogP contribution < -0.4 is 10.2 Å². The second-order valence-corrected chi connectivity index (χ2v) is 5.26. The number of fused-ring (bicyclic) bond motifs is 1. The molecule has 1 amide bonds. The van der Waals surface area contributed by atoms with Crippen LogP contribution in [0.1, 0.15) is 16.4 Å². The molecule has 0 radical (unpaired) electrons. The smallest absolute Gasteiger partial charge is 0.290 e. The van der Waals surface area contributed by atoms with Crippen LogP contribution in [0.2, 0.25) is 0 Å². The van der Waals surface area contributed by atoms with Gasteiger partial charge in [-0.2, -0.15) is 4.98 Å². The summed E-state index contributed by atoms with van der Waals surface area (Å²) < 4.78 is 15.9. The standard InChI is InChI=1S/C15H15N5O4/c21-15(11-8-12(19-24-11)20-4-6-22-7-5-20)17-9-13-18-14-10(23-13)2-1-3-16-14/h1-3,8H,4-7,9H2,(H,17,21). The first-order valence-corrected chi connectivity index (χ1v) is 7.57. The van der Waals surface area contributed by atoms with Crippen LogP contribution in [-0.4, -0.2) is 47.3 Å². The number of morpholine rings is 1. The first-order chi connectivity index (χ1) is 11.8. The lowest BCUT2D eigenvalue weighted by Gasteiger charge is -2.25. The van der Waals surface area contributed by atoms with Crippen molar-refractivity contribution in [3.8, 4) is 0 Å². The average molecular weight is 329 g/mol. The number of ether oxygens (including phenoxy) is 1. The number of pyridine rings is 1. The van der Waals surface area contributed by atoms with E-state index in [-0.39, 0.29) is 18.2 Å². The minimum atomic E-state index is -0.378. The molecule has 1 fully saturated rings. The van der Waals surface area contributed by atoms with E-state index >= 15 is 0 Å². The minimum Gasteiger partial charge on any atom is -0.437 e. The number of hydrogen-bond acceptors (Lipinski definition) is 8. The minimum absolute atomic E-state index is 0.142. The van der Waals surface area contributed by atoms with E-state index in [1.807, 2.05) is 4.90 Å². The number of carbonyl (C=O) groups is 1. The Kier molecular flexibility index (Phi) is 3.83. The molecule has 124 valence electrons. The zero-order valence-electron chi connectivity index (χ0n) is 12.8. The normalized spacial score (nSPS) is 14.9. The Bertz CT molecular complexity index is 819. The second kappa shape index (κ2) is 6.28. The molecule has 1 aliphatic heterocycles. The third-order valence-corrected chi connectivity index (χ3v) is 3.67. The highest BCUT2D eigenvalue weighted by Crippen LogP contribution is 2.16. The molecule has 9 heteroatoms. The maximum Gasteiger partial charge on any atom is 0.290 e. The molecule has 9 nitrogen and oxygen atoms in total. The van der Waals surface area contributed by atoms with Crippen molar-refractivity contribution in [2.24, 2.45) is 0 Å². The molecule has 0 saturated carbocycles. The quantitative estimate of drug-likeness (QED) is 0.755. The van der Waals surface area contributed by atoms with E-state index < -0.39 is 0 Å². The maximum atomic E-state index is 12.2. The number of rotatable bonds is 4. The number of oxazole rings is 1. The number of anilines is 1. The van der Waals surface area contributed by atoms with Gasteiger partial charge in [-0.1, -0.05) is 5.16 Å². The molecule has 0 unspecified atom stereocenters. The molecule has 1 aliphatic rings. The van der Waals surface area contributed by atoms with Gasteiger partial charge in [0.15, 0.2) is 17.0 Å². The average Bonchev–Trinajstić information content (AvgIpc) is 3.27. The van der Waals surface area contributed by atoms with Crippen molar-refractivity contribution < 1.29 is 18.5 Å². The summed E-state index contributed by atoms with van der Waals surface area (Å²) in [6, 6.07) is 5.15. The van der Waals surface area contributed by atoms with E-state index in [0.717, 1.165) is 13.1 Å². The van der Waals surface area contributed by atoms with Crippen LogP contribution in [0.15, 0.2) is 33.3 Å². The Labute approximate surface area is 136 Å². The summed E-state index contributed by atoms with van der Waals surface area (Å²) in [5.41, 5.74) is 1.09. The van der Waals surface area contributed by atoms with Crippen LogP contribution in [0, 0.1) is 0 Å². The van der Waals surface area contributed by atoms with E-state index in [2.05, 4.69) is 20.4 Å². The van der Waals surface area contributed by atoms with Gasteiger partial charge in [0.25, 0.3) is 5.91 Å². The van der Waals surface area contributed by atoms with E-state index in [1.165, 1.54) is 0 Å². The van der Waals surface area contributed by atoms with Gasteiger partial charge in [0.05, 0.1) is 19.8 Å². The molecule has 0 aromatic carbocycles. The predicted molar refractivity (Wildman–Crippen MR) is 82.5 cm³/mol. The van der Waals surface area contributed by atoms with Crippen LogP contribution in [0.5, 0.6) is 0 Å². The summed E-state index contributed by atoms with van der Waals surface area (Å²) >= 11 is 0. The summed E-state index contributed by atoms with van der Waals surface area (Å²) in [6.07, 6.45) is 1.63. The number of nitrogens with one attached hydrogen (secondary N) is 1. The lowest BCUT2D eigenvalue weighted by molar-refractivity contribution is 0.0910. The van der Waals surface area contributed by atoms with Crippen molar-refractivity contribution >= 4 is 23.0 Å². The third kappa shape index (κ3) is 2.93. The molecule has 4 heterocycles. The van der Waals surface area contributed by atoms with Gasteiger partial charge in [-0.3, -0.25) is 4.79 Å². The van der Waals surface area contributed by atoms with E-state index in [1.54, 1.807) is 24.4 Å². The molecular formula is C15H15N5O4. The molecule has 1 saturated heterocycles. The fraction of sp³-hybridized carbons (Fsp3) is 0.333. The van der Waals surface area contributed by atoms with E-state index in [0.29, 0.717) is 36.2 Å². The summed E-state index contributed by atoms with van der Waals surface area (Å²) in [5.74, 6) is 0.780. The largest absolute Gasteiger partial charge is 0.437 e. The molecule has 0 spiro atoms. The van der Waals surface area contributed by atoms with Crippen LogP contribution in [-0.2, 0) is 11.3 Å². The number of amides is 1. The van der Waals surface area contributed by atoms with Gasteiger partial charge in [-0.05, 0) is 12.1 Å². The molecule has 3 aromatic heterocycles. The lowest BCUT2D eigenvalue weighted by Crippen LogP contribution is -2.36. The Morgan fingerprint density at radius 2 is 2.21 bits per heavy atom. The van der Waals surface area contributed by atoms with E-state index in [9.17, 15) is 4.79 Å². The highest BCUT2D eigenvalue weighted by molar-refractivity contribution is 5.92. The fourth-order valence-electron chi connectivity index (χ4n) is 2.45. The van der Waals surface area contributed by atoms with Gasteiger partial charge in [0.1, 0.15) is 0 Å². The molecule has 1 N–H and O–H groups in total. The zero-order chi connectivity index (χ0) is 16.4. The Hall–Kier alpha value is -2.94. The molecule has 0 atom stereocenters. The topological polar surface area (TPSA) is 107 Å². The van der Waals surface area contributed by atoms with Crippen LogP contribution >= 0.6 is 0 Å². The number of hydrogen-bond donors (Lipinski definition) is 1. The Morgan fingerprint density at radius 3 is 3.04 bits per heavy atom. The maximum absolute atomic E-state index is 12.2. The Balaban J connectivity index is 1.39. The first kappa shape index (κ1) is 14.6. The van der Waals surface area contributed by atoms with Crippen molar-refractivity contribution in [2.45, 2.75) is 6.54 Å². The summed E-state index contributed by atoms with van der Waals surface area (Å²) in [4.78, 5) is 22.4. The van der Waals surface area contributed by atoms with Crippen molar-refractivity contribution in [1.82, 2.24) is 20.4 Å². The number of nitrogens with zero attached hydrogens (tertiary/aromatic N) is 4. The Morgan fingerprint density at radius 1 is 1.33 bits per heavy atom. The van der Waals surface area contributed by atoms with Crippen LogP contribution in [0.3, 0.4) is 0 Å². The summed E-state index contributed by atoms with van der Waals surface area (Å²) in [5, 5.41) is 6.63. The van der Waals surface area contributed by atoms with Gasteiger partial charge in [0, 0.05) is 25.4 Å². The van der Waals surface area contributed by atoms with Gasteiger partial charge < -0.3 is 23.9 Å². The van der Waals surface area contributed by atoms with Crippen molar-refractivity contribution in [3.05, 3.63) is 36.0 Å². The number of carbonyl (C=O) groups excluding carboxylic acids is 1. The predicted octanol–water partition coefficient (Wildman–Crippen LogP) is 0.977. The molecule has 0 bridgehead atoms. The molecular weight excluding hydrogens is 314 g/mol. The van der Waals surface area contributed by atoms with Crippen molar-refractivity contribution in [3.63, 3.8) is 0 Å². The van der Waals surface area contributed by atoms with Crippen molar-refractivity contribution in [2.75, 3.05) is 31.2 Å². The zero-order valence-corrected chi connectivity index (χ0v) is 12.8. The van der Waals surface area contributed by atoms with Gasteiger partial charge >= 0.3 is 0 Å². The molecule has 0 aliphatic carbocycles. The lowest BCUT2D eigenvalue weighted by atomic mass is 10.3. The fourth-order valence-corrected chi connectivity index (χ4v) is 2.45. The molecule has 24 heavy (non-hydrogen) atoms. The van der Waals surface area contributed by atoms with Gasteiger partial charge in [-0.25, -0.2) is 4.98 Å². The SMILES string of the molecule is O=C(NCc1nc2ncccc2o1)c1cc(N2CCOCC2)no1. The highest BCUT2D eigenvalue weighted by Gasteiger charge is 2.19. The van der Waals surface area contributed by atoms with Crippen molar-refractivity contribution in [1.29, 1.82) is 0 Å². The molecule has 4 rings (SSSR count). The van der Waals surface area contributed by atoms with Crippen LogP contribution in [0.4, 0.5) is 5.82 Å². The monoisotopic (exact) mass is 329 g/mol. The van der Waals surface area contributed by atoms with Gasteiger partial charge in [0.2, 0.25) is 11.7 Å². The first-order valence-electron chi connectivity index (χ1n) is 7.57. The highest BCUT2D eigenvalue weighted by atomic mass is 16.5. The molecule has 3 aromatic rings. The third-order valence-electron chi connectivity index (χ3n) is 3.67.